The van der Waals surface area contributed by atoms with Gasteiger partial charge in [0.2, 0.25) is 5.91 Å². The zero-order valence-corrected chi connectivity index (χ0v) is 18.1. The fourth-order valence-corrected chi connectivity index (χ4v) is 5.02. The van der Waals surface area contributed by atoms with Gasteiger partial charge in [0.15, 0.2) is 9.84 Å². The topological polar surface area (TPSA) is 101 Å². The Morgan fingerprint density at radius 3 is 2.09 bits per heavy atom. The van der Waals surface area contributed by atoms with Crippen LogP contribution in [-0.2, 0) is 14.6 Å². The number of nitrogens with one attached hydrogen (secondary N) is 1. The third-order valence-electron chi connectivity index (χ3n) is 5.44. The third-order valence-corrected chi connectivity index (χ3v) is 7.17. The monoisotopic (exact) mass is 450 g/mol. The number of benzene rings is 3. The minimum absolute atomic E-state index is 0.00694. The molecule has 8 heteroatoms. The largest absolute Gasteiger partial charge is 0.355 e. The van der Waals surface area contributed by atoms with Gasteiger partial charge < -0.3 is 5.32 Å². The Hall–Kier alpha value is -3.52. The Balaban J connectivity index is 1.31. The molecule has 1 N–H and O–H groups in total. The van der Waals surface area contributed by atoms with Crippen molar-refractivity contribution in [1.82, 2.24) is 10.2 Å². The molecule has 1 heterocycles. The number of rotatable bonds is 8. The maximum absolute atomic E-state index is 12.8. The minimum Gasteiger partial charge on any atom is -0.355 e. The van der Waals surface area contributed by atoms with E-state index in [0.717, 1.165) is 5.39 Å². The molecule has 4 rings (SSSR count). The lowest BCUT2D eigenvalue weighted by Crippen LogP contribution is -2.41. The summed E-state index contributed by atoms with van der Waals surface area (Å²) in [5, 5.41) is 4.10. The molecular weight excluding hydrogens is 428 g/mol. The number of carbonyl (C=O) groups excluding carboxylic acids is 3. The van der Waals surface area contributed by atoms with E-state index >= 15 is 0 Å². The summed E-state index contributed by atoms with van der Waals surface area (Å²) in [5.41, 5.74) is 0.960. The first-order valence-corrected chi connectivity index (χ1v) is 12.0. The summed E-state index contributed by atoms with van der Waals surface area (Å²) in [6.07, 6.45) is 0.362. The molecule has 0 aliphatic carbocycles. The van der Waals surface area contributed by atoms with Crippen molar-refractivity contribution in [3.05, 3.63) is 77.9 Å². The average Bonchev–Trinajstić information content (AvgIpc) is 2.80. The molecule has 0 radical (unpaired) electrons. The van der Waals surface area contributed by atoms with E-state index in [0.29, 0.717) is 16.5 Å². The van der Waals surface area contributed by atoms with Gasteiger partial charge in [0.25, 0.3) is 11.8 Å². The summed E-state index contributed by atoms with van der Waals surface area (Å²) in [6, 6.07) is 18.8. The second-order valence-electron chi connectivity index (χ2n) is 7.56. The third kappa shape index (κ3) is 4.27. The predicted octanol–water partition coefficient (Wildman–Crippen LogP) is 2.81. The summed E-state index contributed by atoms with van der Waals surface area (Å²) in [5.74, 6) is -1.26. The first kappa shape index (κ1) is 21.7. The smallest absolute Gasteiger partial charge is 0.261 e. The number of hydrogen-bond donors (Lipinski definition) is 1. The van der Waals surface area contributed by atoms with Crippen molar-refractivity contribution in [3.8, 4) is 0 Å². The van der Waals surface area contributed by atoms with E-state index in [4.69, 9.17) is 0 Å². The maximum atomic E-state index is 12.8. The van der Waals surface area contributed by atoms with Crippen LogP contribution in [-0.4, -0.2) is 49.9 Å². The van der Waals surface area contributed by atoms with Crippen molar-refractivity contribution in [2.45, 2.75) is 17.7 Å². The molecule has 7 nitrogen and oxygen atoms in total. The summed E-state index contributed by atoms with van der Waals surface area (Å²) in [7, 11) is -3.47. The van der Waals surface area contributed by atoms with E-state index in [1.54, 1.807) is 42.5 Å². The second-order valence-corrected chi connectivity index (χ2v) is 9.67. The fraction of sp³-hybridized carbons (Fsp3) is 0.208. The van der Waals surface area contributed by atoms with Gasteiger partial charge in [0, 0.05) is 36.0 Å². The van der Waals surface area contributed by atoms with E-state index in [1.807, 2.05) is 12.1 Å². The van der Waals surface area contributed by atoms with Crippen LogP contribution in [0.5, 0.6) is 0 Å². The first-order chi connectivity index (χ1) is 15.4. The minimum atomic E-state index is -3.47. The van der Waals surface area contributed by atoms with E-state index < -0.39 is 9.84 Å². The highest BCUT2D eigenvalue weighted by Gasteiger charge is 2.32. The van der Waals surface area contributed by atoms with Crippen LogP contribution in [0.25, 0.3) is 10.8 Å². The maximum Gasteiger partial charge on any atom is 0.261 e. The lowest BCUT2D eigenvalue weighted by atomic mass is 9.94. The summed E-state index contributed by atoms with van der Waals surface area (Å²) in [6.45, 7) is 0.102. The molecule has 1 aliphatic heterocycles. The van der Waals surface area contributed by atoms with Crippen molar-refractivity contribution in [1.29, 1.82) is 0 Å². The molecule has 0 fully saturated rings. The lowest BCUT2D eigenvalue weighted by Gasteiger charge is -2.27. The van der Waals surface area contributed by atoms with E-state index in [1.165, 1.54) is 17.0 Å². The molecule has 164 valence electrons. The Kier molecular flexibility index (Phi) is 6.05. The van der Waals surface area contributed by atoms with Crippen LogP contribution in [0.3, 0.4) is 0 Å². The molecular formula is C24H22N2O5S. The molecule has 0 saturated heterocycles. The van der Waals surface area contributed by atoms with Crippen molar-refractivity contribution in [2.75, 3.05) is 18.8 Å². The van der Waals surface area contributed by atoms with E-state index in [2.05, 4.69) is 5.32 Å². The highest BCUT2D eigenvalue weighted by molar-refractivity contribution is 7.91. The van der Waals surface area contributed by atoms with Crippen LogP contribution >= 0.6 is 0 Å². The Bertz CT molecular complexity index is 1250. The Morgan fingerprint density at radius 2 is 1.47 bits per heavy atom. The van der Waals surface area contributed by atoms with Gasteiger partial charge in [-0.3, -0.25) is 19.3 Å². The molecule has 0 atom stereocenters. The Labute approximate surface area is 186 Å². The highest BCUT2D eigenvalue weighted by atomic mass is 32.2. The molecule has 3 aromatic rings. The standard InChI is InChI=1S/C24H22N2O5S/c27-21(25-14-16-32(30,31)18-9-2-1-3-10-18)13-6-15-26-23(28)19-11-4-7-17-8-5-12-20(22(17)19)24(26)29/h1-5,7-12H,6,13-16H2,(H,25,27). The molecule has 0 spiro atoms. The summed E-state index contributed by atoms with van der Waals surface area (Å²) < 4.78 is 24.5. The quantitative estimate of drug-likeness (QED) is 0.532. The van der Waals surface area contributed by atoms with Gasteiger partial charge in [-0.25, -0.2) is 8.42 Å². The molecule has 0 unspecified atom stereocenters. The summed E-state index contributed by atoms with van der Waals surface area (Å²) in [4.78, 5) is 39.2. The zero-order valence-electron chi connectivity index (χ0n) is 17.3. The molecule has 1 aliphatic rings. The Morgan fingerprint density at radius 1 is 0.844 bits per heavy atom. The normalized spacial score (nSPS) is 13.4. The van der Waals surface area contributed by atoms with Gasteiger partial charge >= 0.3 is 0 Å². The highest BCUT2D eigenvalue weighted by Crippen LogP contribution is 2.30. The number of amides is 3. The molecule has 3 aromatic carbocycles. The predicted molar refractivity (Wildman–Crippen MR) is 120 cm³/mol. The molecule has 0 saturated carbocycles. The SMILES string of the molecule is O=C(CCCN1C(=O)c2cccc3cccc(c23)C1=O)NCCS(=O)(=O)c1ccccc1. The van der Waals surface area contributed by atoms with Crippen molar-refractivity contribution in [2.24, 2.45) is 0 Å². The van der Waals surface area contributed by atoms with Crippen LogP contribution < -0.4 is 5.32 Å². The van der Waals surface area contributed by atoms with Gasteiger partial charge in [0.1, 0.15) is 0 Å². The van der Waals surface area contributed by atoms with Crippen LogP contribution in [0.15, 0.2) is 71.6 Å². The lowest BCUT2D eigenvalue weighted by molar-refractivity contribution is -0.121. The average molecular weight is 451 g/mol. The first-order valence-electron chi connectivity index (χ1n) is 10.3. The van der Waals surface area contributed by atoms with Crippen LogP contribution in [0.1, 0.15) is 33.6 Å². The number of hydrogen-bond acceptors (Lipinski definition) is 5. The van der Waals surface area contributed by atoms with E-state index in [9.17, 15) is 22.8 Å². The van der Waals surface area contributed by atoms with Crippen LogP contribution in [0.2, 0.25) is 0 Å². The van der Waals surface area contributed by atoms with Gasteiger partial charge in [-0.05, 0) is 36.1 Å². The fourth-order valence-electron chi connectivity index (χ4n) is 3.84. The molecule has 0 bridgehead atoms. The zero-order chi connectivity index (χ0) is 22.7. The number of imide groups is 1. The number of nitrogens with zero attached hydrogens (tertiary/aromatic N) is 1. The van der Waals surface area contributed by atoms with Gasteiger partial charge in [-0.1, -0.05) is 42.5 Å². The molecule has 0 aromatic heterocycles. The van der Waals surface area contributed by atoms with E-state index in [-0.39, 0.29) is 54.3 Å². The van der Waals surface area contributed by atoms with Crippen LogP contribution in [0.4, 0.5) is 0 Å². The van der Waals surface area contributed by atoms with Crippen molar-refractivity contribution >= 4 is 38.3 Å². The van der Waals surface area contributed by atoms with Crippen LogP contribution in [0, 0.1) is 0 Å². The molecule has 32 heavy (non-hydrogen) atoms. The van der Waals surface area contributed by atoms with Crippen molar-refractivity contribution < 1.29 is 22.8 Å². The van der Waals surface area contributed by atoms with Gasteiger partial charge in [0.05, 0.1) is 10.6 Å². The summed E-state index contributed by atoms with van der Waals surface area (Å²) >= 11 is 0. The molecule has 3 amide bonds. The number of sulfone groups is 1. The number of carbonyl (C=O) groups is 3. The van der Waals surface area contributed by atoms with Gasteiger partial charge in [-0.15, -0.1) is 0 Å². The van der Waals surface area contributed by atoms with Crippen molar-refractivity contribution in [3.63, 3.8) is 0 Å². The van der Waals surface area contributed by atoms with Gasteiger partial charge in [-0.2, -0.15) is 0 Å². The second kappa shape index (κ2) is 8.92.